The Morgan fingerprint density at radius 1 is 1.12 bits per heavy atom. The fourth-order valence-electron chi connectivity index (χ4n) is 3.78. The molecule has 3 aliphatic heterocycles. The predicted molar refractivity (Wildman–Crippen MR) is 89.3 cm³/mol. The van der Waals surface area contributed by atoms with Crippen LogP contribution in [0.2, 0.25) is 0 Å². The van der Waals surface area contributed by atoms with Crippen molar-refractivity contribution in [1.82, 2.24) is 10.3 Å². The van der Waals surface area contributed by atoms with Crippen LogP contribution in [0.25, 0.3) is 0 Å². The summed E-state index contributed by atoms with van der Waals surface area (Å²) in [5, 5.41) is 8.08. The Bertz CT molecular complexity index is 873. The van der Waals surface area contributed by atoms with Crippen molar-refractivity contribution in [2.24, 2.45) is 16.9 Å². The second-order valence-electron chi connectivity index (χ2n) is 6.35. The Labute approximate surface area is 148 Å². The third-order valence-corrected chi connectivity index (χ3v) is 4.80. The van der Waals surface area contributed by atoms with Gasteiger partial charge in [0.25, 0.3) is 0 Å². The lowest BCUT2D eigenvalue weighted by Gasteiger charge is -2.28. The van der Waals surface area contributed by atoms with Crippen molar-refractivity contribution in [2.45, 2.75) is 19.0 Å². The molecule has 0 unspecified atom stereocenters. The second-order valence-corrected chi connectivity index (χ2v) is 6.35. The molecule has 3 aliphatic rings. The molecule has 0 aromatic heterocycles. The first-order valence-corrected chi connectivity index (χ1v) is 8.14. The van der Waals surface area contributed by atoms with Gasteiger partial charge < -0.3 is 4.74 Å². The summed E-state index contributed by atoms with van der Waals surface area (Å²) in [5.41, 5.74) is 0.349. The van der Waals surface area contributed by atoms with Crippen molar-refractivity contribution in [3.05, 3.63) is 42.0 Å². The number of hydrazone groups is 1. The van der Waals surface area contributed by atoms with Gasteiger partial charge in [0.15, 0.2) is 5.78 Å². The molecule has 0 radical (unpaired) electrons. The van der Waals surface area contributed by atoms with Crippen LogP contribution in [-0.2, 0) is 14.4 Å². The van der Waals surface area contributed by atoms with Gasteiger partial charge in [-0.05, 0) is 30.3 Å². The van der Waals surface area contributed by atoms with Gasteiger partial charge in [-0.25, -0.2) is 0 Å². The molecule has 8 nitrogen and oxygen atoms in total. The number of Topliss-reactive ketones (excluding diaryl/α,β-unsaturated/α-hetero) is 1. The predicted octanol–water partition coefficient (Wildman–Crippen LogP) is 0.292. The molecule has 1 aromatic carbocycles. The lowest BCUT2D eigenvalue weighted by atomic mass is 9.86. The quantitative estimate of drug-likeness (QED) is 0.362. The number of hydrogen-bond acceptors (Lipinski definition) is 7. The van der Waals surface area contributed by atoms with Crippen LogP contribution < -0.4 is 10.1 Å². The number of nitrogens with one attached hydrogen (secondary N) is 1. The number of carbonyl (C=O) groups excluding carboxylic acids is 4. The highest BCUT2D eigenvalue weighted by molar-refractivity contribution is 6.12. The minimum Gasteiger partial charge on any atom is -0.427 e. The van der Waals surface area contributed by atoms with Crippen LogP contribution in [0.15, 0.2) is 41.5 Å². The van der Waals surface area contributed by atoms with Crippen molar-refractivity contribution in [1.29, 1.82) is 0 Å². The number of ketones is 1. The van der Waals surface area contributed by atoms with Crippen molar-refractivity contribution in [2.75, 3.05) is 0 Å². The van der Waals surface area contributed by atoms with E-state index in [4.69, 9.17) is 4.74 Å². The number of rotatable bonds is 3. The first kappa shape index (κ1) is 16.2. The smallest absolute Gasteiger partial charge is 0.308 e. The molecule has 0 saturated carbocycles. The summed E-state index contributed by atoms with van der Waals surface area (Å²) in [7, 11) is 0. The Kier molecular flexibility index (Phi) is 3.68. The second kappa shape index (κ2) is 5.91. The number of imide groups is 1. The van der Waals surface area contributed by atoms with E-state index in [0.717, 1.165) is 0 Å². The Balaban J connectivity index is 1.67. The van der Waals surface area contributed by atoms with Crippen LogP contribution >= 0.6 is 0 Å². The van der Waals surface area contributed by atoms with Crippen molar-refractivity contribution >= 4 is 29.8 Å². The molecule has 0 bridgehead atoms. The molecular weight excluding hydrogens is 338 g/mol. The van der Waals surface area contributed by atoms with Crippen LogP contribution in [-0.4, -0.2) is 46.9 Å². The molecule has 4 rings (SSSR count). The summed E-state index contributed by atoms with van der Waals surface area (Å²) in [5.74, 6) is -2.69. The van der Waals surface area contributed by atoms with Gasteiger partial charge in [-0.15, -0.1) is 0 Å². The maximum absolute atomic E-state index is 13.1. The Morgan fingerprint density at radius 3 is 2.50 bits per heavy atom. The van der Waals surface area contributed by atoms with E-state index in [1.54, 1.807) is 12.2 Å². The van der Waals surface area contributed by atoms with Crippen molar-refractivity contribution in [3.8, 4) is 5.75 Å². The molecule has 4 atom stereocenters. The molecule has 8 heteroatoms. The fourth-order valence-corrected chi connectivity index (χ4v) is 3.78. The molecule has 2 amide bonds. The van der Waals surface area contributed by atoms with Gasteiger partial charge in [-0.3, -0.25) is 29.5 Å². The number of allylic oxidation sites excluding steroid dienone is 1. The van der Waals surface area contributed by atoms with Gasteiger partial charge in [0, 0.05) is 18.7 Å². The lowest BCUT2D eigenvalue weighted by Crippen LogP contribution is -2.44. The van der Waals surface area contributed by atoms with Gasteiger partial charge in [-0.2, -0.15) is 5.10 Å². The molecule has 0 aliphatic carbocycles. The van der Waals surface area contributed by atoms with Crippen molar-refractivity contribution in [3.63, 3.8) is 0 Å². The van der Waals surface area contributed by atoms with Crippen molar-refractivity contribution < 1.29 is 23.9 Å². The highest BCUT2D eigenvalue weighted by atomic mass is 16.5. The number of hydrogen-bond donors (Lipinski definition) is 1. The maximum Gasteiger partial charge on any atom is 0.308 e. The molecule has 1 aromatic rings. The third kappa shape index (κ3) is 2.42. The van der Waals surface area contributed by atoms with E-state index in [1.165, 1.54) is 42.4 Å². The van der Waals surface area contributed by atoms with E-state index >= 15 is 0 Å². The molecule has 2 fully saturated rings. The molecule has 3 heterocycles. The van der Waals surface area contributed by atoms with E-state index < -0.39 is 35.8 Å². The molecule has 1 N–H and O–H groups in total. The Hall–Kier alpha value is -3.29. The van der Waals surface area contributed by atoms with Crippen LogP contribution in [0.4, 0.5) is 0 Å². The van der Waals surface area contributed by atoms with Gasteiger partial charge in [0.2, 0.25) is 11.8 Å². The Morgan fingerprint density at radius 2 is 1.81 bits per heavy atom. The summed E-state index contributed by atoms with van der Waals surface area (Å²) in [6, 6.07) is 4.79. The normalized spacial score (nSPS) is 28.6. The van der Waals surface area contributed by atoms with Crippen LogP contribution in [0.5, 0.6) is 5.75 Å². The zero-order valence-corrected chi connectivity index (χ0v) is 13.8. The van der Waals surface area contributed by atoms with Gasteiger partial charge in [0.1, 0.15) is 11.8 Å². The van der Waals surface area contributed by atoms with E-state index in [1.807, 2.05) is 0 Å². The molecule has 132 valence electrons. The average Bonchev–Trinajstić information content (AvgIpc) is 3.10. The molecule has 0 spiro atoms. The molecular formula is C18H15N3O5. The first-order valence-electron chi connectivity index (χ1n) is 8.14. The van der Waals surface area contributed by atoms with Gasteiger partial charge >= 0.3 is 5.97 Å². The highest BCUT2D eigenvalue weighted by Crippen LogP contribution is 2.42. The summed E-state index contributed by atoms with van der Waals surface area (Å²) in [6.07, 6.45) is 5.01. The summed E-state index contributed by atoms with van der Waals surface area (Å²) in [6.45, 7) is 1.29. The fraction of sp³-hybridized carbons (Fsp3) is 0.278. The monoisotopic (exact) mass is 353 g/mol. The SMILES string of the molecule is CC(=O)Oc1ccc(C(=O)[C@H]2[C@H]3C(=O)NC(=O)[C@H]3[C@@H]3C=CC=NN32)cc1. The largest absolute Gasteiger partial charge is 0.427 e. The number of amides is 2. The van der Waals surface area contributed by atoms with E-state index in [0.29, 0.717) is 11.3 Å². The minimum absolute atomic E-state index is 0.311. The average molecular weight is 353 g/mol. The topological polar surface area (TPSA) is 105 Å². The lowest BCUT2D eigenvalue weighted by molar-refractivity contribution is -0.132. The van der Waals surface area contributed by atoms with Crippen LogP contribution in [0, 0.1) is 11.8 Å². The molecule has 26 heavy (non-hydrogen) atoms. The summed E-state index contributed by atoms with van der Waals surface area (Å²) in [4.78, 5) is 48.5. The number of fused-ring (bicyclic) bond motifs is 3. The summed E-state index contributed by atoms with van der Waals surface area (Å²) < 4.78 is 4.96. The number of nitrogens with zero attached hydrogens (tertiary/aromatic N) is 2. The van der Waals surface area contributed by atoms with E-state index in [2.05, 4.69) is 10.4 Å². The first-order chi connectivity index (χ1) is 12.5. The van der Waals surface area contributed by atoms with Gasteiger partial charge in [-0.1, -0.05) is 6.08 Å². The highest BCUT2D eigenvalue weighted by Gasteiger charge is 2.61. The van der Waals surface area contributed by atoms with E-state index in [9.17, 15) is 19.2 Å². The number of esters is 1. The van der Waals surface area contributed by atoms with Crippen LogP contribution in [0.1, 0.15) is 17.3 Å². The molecule has 2 saturated heterocycles. The van der Waals surface area contributed by atoms with E-state index in [-0.39, 0.29) is 11.7 Å². The number of ether oxygens (including phenoxy) is 1. The number of benzene rings is 1. The van der Waals surface area contributed by atoms with Crippen LogP contribution in [0.3, 0.4) is 0 Å². The zero-order chi connectivity index (χ0) is 18.4. The number of carbonyl (C=O) groups is 4. The standard InChI is InChI=1S/C18H15N3O5/c1-9(22)26-11-6-4-10(5-7-11)16(23)15-14-13(17(24)20-18(14)25)12-3-2-8-19-21(12)15/h2-8,12-15H,1H3,(H,20,24,25)/t12-,13-,14-,15+/m0/s1. The minimum atomic E-state index is -0.864. The maximum atomic E-state index is 13.1. The van der Waals surface area contributed by atoms with Gasteiger partial charge in [0.05, 0.1) is 17.9 Å². The third-order valence-electron chi connectivity index (χ3n) is 4.80. The summed E-state index contributed by atoms with van der Waals surface area (Å²) >= 11 is 0. The zero-order valence-electron chi connectivity index (χ0n) is 13.8.